The molecule has 1 aromatic carbocycles. The Morgan fingerprint density at radius 3 is 2.89 bits per heavy atom. The first-order chi connectivity index (χ1) is 9.31. The molecule has 1 aliphatic carbocycles. The third-order valence-electron chi connectivity index (χ3n) is 4.73. The number of aliphatic hydroxyl groups is 1. The number of fused-ring (bicyclic) bond motifs is 3. The third kappa shape index (κ3) is 1.53. The van der Waals surface area contributed by atoms with Crippen LogP contribution in [0.5, 0.6) is 0 Å². The number of rotatable bonds is 2. The van der Waals surface area contributed by atoms with Crippen LogP contribution in [0.15, 0.2) is 24.3 Å². The van der Waals surface area contributed by atoms with Crippen LogP contribution in [-0.4, -0.2) is 41.1 Å². The number of nitrogens with zero attached hydrogens (tertiary/aromatic N) is 1. The van der Waals surface area contributed by atoms with Crippen LogP contribution in [0.25, 0.3) is 0 Å². The second-order valence-corrected chi connectivity index (χ2v) is 5.83. The van der Waals surface area contributed by atoms with Gasteiger partial charge >= 0.3 is 0 Å². The van der Waals surface area contributed by atoms with Crippen LogP contribution >= 0.6 is 0 Å². The standard InChI is InChI=1S/C15H18N2O2/c18-8-13-14-10-3-1-2-4-11(10)16-7-12(14)17(13)15(19)9-5-6-9/h1-4,9,12-14,16,18H,5-8H2/t12-,13-,14+/m0/s1. The molecule has 2 aliphatic heterocycles. The van der Waals surface area contributed by atoms with Gasteiger partial charge in [-0.25, -0.2) is 0 Å². The molecule has 4 nitrogen and oxygen atoms in total. The summed E-state index contributed by atoms with van der Waals surface area (Å²) in [6.07, 6.45) is 2.05. The number of amides is 1. The summed E-state index contributed by atoms with van der Waals surface area (Å²) in [6, 6.07) is 8.43. The summed E-state index contributed by atoms with van der Waals surface area (Å²) in [7, 11) is 0. The molecule has 0 bridgehead atoms. The van der Waals surface area contributed by atoms with Gasteiger partial charge < -0.3 is 15.3 Å². The highest BCUT2D eigenvalue weighted by Gasteiger charge is 2.55. The van der Waals surface area contributed by atoms with Crippen LogP contribution in [0.1, 0.15) is 24.3 Å². The molecule has 0 spiro atoms. The number of para-hydroxylation sites is 1. The lowest BCUT2D eigenvalue weighted by atomic mass is 9.72. The Hall–Kier alpha value is -1.55. The van der Waals surface area contributed by atoms with E-state index in [9.17, 15) is 9.90 Å². The number of carbonyl (C=O) groups is 1. The maximum atomic E-state index is 12.3. The van der Waals surface area contributed by atoms with E-state index in [2.05, 4.69) is 17.4 Å². The molecule has 0 unspecified atom stereocenters. The van der Waals surface area contributed by atoms with Gasteiger partial charge in [-0.1, -0.05) is 18.2 Å². The first kappa shape index (κ1) is 11.3. The smallest absolute Gasteiger partial charge is 0.226 e. The SMILES string of the molecule is O=C(C1CC1)N1[C@@H](CO)[C@@H]2c3ccccc3NC[C@@H]21. The zero-order chi connectivity index (χ0) is 13.0. The molecule has 2 fully saturated rings. The van der Waals surface area contributed by atoms with Crippen LogP contribution < -0.4 is 5.32 Å². The fraction of sp³-hybridized carbons (Fsp3) is 0.533. The lowest BCUT2D eigenvalue weighted by Crippen LogP contribution is -2.69. The summed E-state index contributed by atoms with van der Waals surface area (Å²) in [5.74, 6) is 0.777. The Kier molecular flexibility index (Phi) is 2.36. The lowest BCUT2D eigenvalue weighted by molar-refractivity contribution is -0.151. The quantitative estimate of drug-likeness (QED) is 0.837. The number of hydrogen-bond acceptors (Lipinski definition) is 3. The molecule has 4 rings (SSSR count). The molecule has 2 heterocycles. The third-order valence-corrected chi connectivity index (χ3v) is 4.73. The Balaban J connectivity index is 1.66. The topological polar surface area (TPSA) is 52.6 Å². The molecule has 1 aromatic rings. The Bertz CT molecular complexity index is 527. The highest BCUT2D eigenvalue weighted by Crippen LogP contribution is 2.48. The molecule has 3 atom stereocenters. The van der Waals surface area contributed by atoms with E-state index < -0.39 is 0 Å². The van der Waals surface area contributed by atoms with Crippen LogP contribution in [-0.2, 0) is 4.79 Å². The van der Waals surface area contributed by atoms with Crippen molar-refractivity contribution in [3.63, 3.8) is 0 Å². The molecular formula is C15H18N2O2. The number of benzene rings is 1. The van der Waals surface area contributed by atoms with E-state index in [-0.39, 0.29) is 30.5 Å². The highest BCUT2D eigenvalue weighted by atomic mass is 16.3. The summed E-state index contributed by atoms with van der Waals surface area (Å²) in [4.78, 5) is 14.2. The van der Waals surface area contributed by atoms with E-state index >= 15 is 0 Å². The van der Waals surface area contributed by atoms with Crippen molar-refractivity contribution in [2.24, 2.45) is 5.92 Å². The Morgan fingerprint density at radius 2 is 2.16 bits per heavy atom. The van der Waals surface area contributed by atoms with Gasteiger partial charge in [0.25, 0.3) is 0 Å². The Morgan fingerprint density at radius 1 is 1.37 bits per heavy atom. The van der Waals surface area contributed by atoms with Gasteiger partial charge in [0.1, 0.15) is 0 Å². The molecule has 1 amide bonds. The lowest BCUT2D eigenvalue weighted by Gasteiger charge is -2.57. The molecule has 3 aliphatic rings. The normalized spacial score (nSPS) is 31.8. The van der Waals surface area contributed by atoms with E-state index in [0.29, 0.717) is 5.92 Å². The van der Waals surface area contributed by atoms with Gasteiger partial charge in [0.2, 0.25) is 5.91 Å². The zero-order valence-electron chi connectivity index (χ0n) is 10.7. The second-order valence-electron chi connectivity index (χ2n) is 5.83. The first-order valence-electron chi connectivity index (χ1n) is 7.07. The molecule has 1 saturated heterocycles. The number of likely N-dealkylation sites (tertiary alicyclic amines) is 1. The van der Waals surface area contributed by atoms with E-state index in [1.165, 1.54) is 5.56 Å². The number of anilines is 1. The summed E-state index contributed by atoms with van der Waals surface area (Å²) < 4.78 is 0. The van der Waals surface area contributed by atoms with E-state index in [1.807, 2.05) is 17.0 Å². The molecular weight excluding hydrogens is 240 g/mol. The van der Waals surface area contributed by atoms with Crippen molar-refractivity contribution < 1.29 is 9.90 Å². The average molecular weight is 258 g/mol. The maximum Gasteiger partial charge on any atom is 0.226 e. The maximum absolute atomic E-state index is 12.3. The highest BCUT2D eigenvalue weighted by molar-refractivity contribution is 5.83. The molecule has 0 radical (unpaired) electrons. The predicted octanol–water partition coefficient (Wildman–Crippen LogP) is 1.18. The van der Waals surface area contributed by atoms with Crippen molar-refractivity contribution in [1.29, 1.82) is 0 Å². The molecule has 0 aromatic heterocycles. The van der Waals surface area contributed by atoms with E-state index in [0.717, 1.165) is 25.1 Å². The van der Waals surface area contributed by atoms with Gasteiger partial charge in [-0.3, -0.25) is 4.79 Å². The van der Waals surface area contributed by atoms with Crippen molar-refractivity contribution in [2.45, 2.75) is 30.8 Å². The minimum absolute atomic E-state index is 0.0265. The number of hydrogen-bond donors (Lipinski definition) is 2. The average Bonchev–Trinajstić information content (AvgIpc) is 3.23. The van der Waals surface area contributed by atoms with Crippen LogP contribution in [0, 0.1) is 5.92 Å². The van der Waals surface area contributed by atoms with Crippen molar-refractivity contribution in [3.05, 3.63) is 29.8 Å². The molecule has 2 N–H and O–H groups in total. The molecule has 100 valence electrons. The second kappa shape index (κ2) is 3.97. The van der Waals surface area contributed by atoms with Crippen molar-refractivity contribution in [3.8, 4) is 0 Å². The largest absolute Gasteiger partial charge is 0.394 e. The minimum Gasteiger partial charge on any atom is -0.394 e. The number of carbonyl (C=O) groups excluding carboxylic acids is 1. The van der Waals surface area contributed by atoms with Crippen LogP contribution in [0.4, 0.5) is 5.69 Å². The van der Waals surface area contributed by atoms with Crippen molar-refractivity contribution in [1.82, 2.24) is 4.90 Å². The predicted molar refractivity (Wildman–Crippen MR) is 71.9 cm³/mol. The van der Waals surface area contributed by atoms with Gasteiger partial charge in [-0.05, 0) is 24.5 Å². The van der Waals surface area contributed by atoms with Gasteiger partial charge in [0.05, 0.1) is 18.7 Å². The molecule has 1 saturated carbocycles. The molecule has 4 heteroatoms. The van der Waals surface area contributed by atoms with Gasteiger partial charge in [-0.15, -0.1) is 0 Å². The summed E-state index contributed by atoms with van der Waals surface area (Å²) in [5, 5.41) is 13.1. The van der Waals surface area contributed by atoms with E-state index in [1.54, 1.807) is 0 Å². The van der Waals surface area contributed by atoms with Crippen molar-refractivity contribution >= 4 is 11.6 Å². The van der Waals surface area contributed by atoms with Crippen LogP contribution in [0.2, 0.25) is 0 Å². The van der Waals surface area contributed by atoms with Crippen molar-refractivity contribution in [2.75, 3.05) is 18.5 Å². The van der Waals surface area contributed by atoms with Gasteiger partial charge in [0.15, 0.2) is 0 Å². The summed E-state index contributed by atoms with van der Waals surface area (Å²) in [5.41, 5.74) is 2.40. The first-order valence-corrected chi connectivity index (χ1v) is 7.07. The monoisotopic (exact) mass is 258 g/mol. The van der Waals surface area contributed by atoms with Crippen LogP contribution in [0.3, 0.4) is 0 Å². The van der Waals surface area contributed by atoms with E-state index in [4.69, 9.17) is 0 Å². The Labute approximate surface area is 112 Å². The summed E-state index contributed by atoms with van der Waals surface area (Å²) in [6.45, 7) is 0.866. The van der Waals surface area contributed by atoms with Gasteiger partial charge in [-0.2, -0.15) is 0 Å². The number of nitrogens with one attached hydrogen (secondary N) is 1. The fourth-order valence-electron chi connectivity index (χ4n) is 3.62. The zero-order valence-corrected chi connectivity index (χ0v) is 10.7. The minimum atomic E-state index is -0.0265. The summed E-state index contributed by atoms with van der Waals surface area (Å²) >= 11 is 0. The fourth-order valence-corrected chi connectivity index (χ4v) is 3.62. The number of aliphatic hydroxyl groups excluding tert-OH is 1. The van der Waals surface area contributed by atoms with Gasteiger partial charge in [0, 0.05) is 24.1 Å². The molecule has 19 heavy (non-hydrogen) atoms.